The van der Waals surface area contributed by atoms with E-state index in [2.05, 4.69) is 24.3 Å². The van der Waals surface area contributed by atoms with Crippen molar-refractivity contribution in [2.75, 3.05) is 0 Å². The van der Waals surface area contributed by atoms with E-state index in [-0.39, 0.29) is 11.6 Å². The van der Waals surface area contributed by atoms with Crippen molar-refractivity contribution in [3.05, 3.63) is 64.7 Å². The Kier molecular flexibility index (Phi) is 5.12. The number of aryl methyl sites for hydroxylation is 3. The molecule has 4 rings (SSSR count). The molecule has 0 saturated heterocycles. The third-order valence-electron chi connectivity index (χ3n) is 4.85. The minimum Gasteiger partial charge on any atom is -0.272 e. The molecular weight excluding hydrogens is 407 g/mol. The lowest BCUT2D eigenvalue weighted by molar-refractivity contribution is -0.117. The summed E-state index contributed by atoms with van der Waals surface area (Å²) >= 11 is 0. The smallest absolute Gasteiger partial charge is 0.259 e. The van der Waals surface area contributed by atoms with Gasteiger partial charge in [-0.3, -0.25) is 14.8 Å². The van der Waals surface area contributed by atoms with Crippen LogP contribution >= 0.6 is 0 Å². The van der Waals surface area contributed by atoms with Crippen LogP contribution in [0.15, 0.2) is 40.2 Å². The fourth-order valence-electron chi connectivity index (χ4n) is 3.44. The largest absolute Gasteiger partial charge is 0.272 e. The van der Waals surface area contributed by atoms with E-state index < -0.39 is 21.6 Å². The van der Waals surface area contributed by atoms with Gasteiger partial charge in [-0.15, -0.1) is 4.36 Å². The molecule has 1 unspecified atom stereocenters. The number of hydrogen-bond donors (Lipinski definition) is 1. The number of fused-ring (bicyclic) bond motifs is 1. The Bertz CT molecular complexity index is 1280. The Morgan fingerprint density at radius 1 is 1.20 bits per heavy atom. The summed E-state index contributed by atoms with van der Waals surface area (Å²) in [5.74, 6) is -1.21. The van der Waals surface area contributed by atoms with E-state index in [1.807, 2.05) is 0 Å². The van der Waals surface area contributed by atoms with Crippen LogP contribution in [0, 0.1) is 19.7 Å². The molecule has 1 aliphatic rings. The molecule has 1 amide bonds. The van der Waals surface area contributed by atoms with E-state index in [0.717, 1.165) is 30.3 Å². The summed E-state index contributed by atoms with van der Waals surface area (Å²) in [5.41, 5.74) is 4.29. The first-order chi connectivity index (χ1) is 14.2. The first-order valence-corrected chi connectivity index (χ1v) is 10.8. The van der Waals surface area contributed by atoms with E-state index in [4.69, 9.17) is 5.14 Å². The third-order valence-corrected chi connectivity index (χ3v) is 6.03. The molecular formula is C20H19FN6O2S. The van der Waals surface area contributed by atoms with Crippen LogP contribution in [0.3, 0.4) is 0 Å². The van der Waals surface area contributed by atoms with E-state index in [0.29, 0.717) is 28.1 Å². The number of carbonyl (C=O) groups is 1. The Morgan fingerprint density at radius 3 is 2.57 bits per heavy atom. The molecule has 3 aromatic heterocycles. The summed E-state index contributed by atoms with van der Waals surface area (Å²) in [6.07, 6.45) is 5.46. The molecule has 0 bridgehead atoms. The average molecular weight is 426 g/mol. The highest BCUT2D eigenvalue weighted by Gasteiger charge is 2.25. The Morgan fingerprint density at radius 2 is 1.93 bits per heavy atom. The first-order valence-electron chi connectivity index (χ1n) is 9.24. The topological polar surface area (TPSA) is 124 Å². The summed E-state index contributed by atoms with van der Waals surface area (Å²) in [6.45, 7) is 3.42. The number of rotatable bonds is 4. The predicted molar refractivity (Wildman–Crippen MR) is 108 cm³/mol. The van der Waals surface area contributed by atoms with E-state index >= 15 is 0 Å². The molecule has 0 aromatic carbocycles. The van der Waals surface area contributed by atoms with Crippen molar-refractivity contribution in [1.29, 1.82) is 0 Å². The lowest BCUT2D eigenvalue weighted by Crippen LogP contribution is -2.21. The molecule has 154 valence electrons. The molecule has 0 radical (unpaired) electrons. The van der Waals surface area contributed by atoms with Crippen molar-refractivity contribution in [3.63, 3.8) is 0 Å². The zero-order valence-electron chi connectivity index (χ0n) is 16.4. The minimum absolute atomic E-state index is 0.180. The van der Waals surface area contributed by atoms with Gasteiger partial charge in [-0.2, -0.15) is 0 Å². The van der Waals surface area contributed by atoms with Gasteiger partial charge in [0.05, 0.1) is 12.6 Å². The molecule has 3 aromatic rings. The second-order valence-electron chi connectivity index (χ2n) is 7.09. The predicted octanol–water partition coefficient (Wildman–Crippen LogP) is 2.26. The van der Waals surface area contributed by atoms with Gasteiger partial charge in [0.1, 0.15) is 5.82 Å². The highest BCUT2D eigenvalue weighted by molar-refractivity contribution is 7.91. The van der Waals surface area contributed by atoms with Crippen molar-refractivity contribution < 1.29 is 13.4 Å². The van der Waals surface area contributed by atoms with Gasteiger partial charge in [0.25, 0.3) is 5.91 Å². The van der Waals surface area contributed by atoms with Gasteiger partial charge in [0.15, 0.2) is 9.92 Å². The maximum atomic E-state index is 14.3. The molecule has 10 heteroatoms. The Balaban J connectivity index is 1.74. The van der Waals surface area contributed by atoms with Crippen LogP contribution in [0.1, 0.15) is 28.2 Å². The number of nitrogens with two attached hydrogens (primary N) is 1. The van der Waals surface area contributed by atoms with Gasteiger partial charge in [0.2, 0.25) is 5.16 Å². The average Bonchev–Trinajstić information content (AvgIpc) is 2.62. The number of aromatic nitrogens is 4. The molecule has 0 fully saturated rings. The van der Waals surface area contributed by atoms with Gasteiger partial charge in [-0.05, 0) is 49.9 Å². The molecule has 2 N–H and O–H groups in total. The zero-order valence-corrected chi connectivity index (χ0v) is 17.2. The van der Waals surface area contributed by atoms with Crippen LogP contribution in [0.4, 0.5) is 4.39 Å². The second-order valence-corrected chi connectivity index (χ2v) is 8.78. The molecule has 1 atom stereocenters. The normalized spacial score (nSPS) is 14.4. The Hall–Kier alpha value is -3.11. The number of hydrogen-bond acceptors (Lipinski definition) is 6. The minimum atomic E-state index is -3.61. The van der Waals surface area contributed by atoms with Crippen molar-refractivity contribution in [2.45, 2.75) is 38.3 Å². The SMILES string of the molecule is Cc1cc(C)nc(S(N)(=O)=NC(=O)Cc2c(-c3ccncc3F)cnc3c2CC3)n1. The van der Waals surface area contributed by atoms with Gasteiger partial charge in [0, 0.05) is 40.6 Å². The lowest BCUT2D eigenvalue weighted by atomic mass is 9.84. The van der Waals surface area contributed by atoms with Crippen LogP contribution in [-0.4, -0.2) is 30.1 Å². The standard InChI is InChI=1S/C20H19FN6O2S/c1-11-7-12(2)26-20(25-11)30(22,29)27-19(28)8-15-14-3-4-18(14)24-9-16(15)13-5-6-23-10-17(13)21/h5-7,9-10H,3-4,8H2,1-2H3,(H2,22,27,28,29). The molecule has 0 saturated carbocycles. The van der Waals surface area contributed by atoms with Crippen LogP contribution in [0.25, 0.3) is 11.1 Å². The Labute approximate surface area is 173 Å². The lowest BCUT2D eigenvalue weighted by Gasteiger charge is -2.23. The molecule has 0 spiro atoms. The van der Waals surface area contributed by atoms with Crippen molar-refractivity contribution >= 4 is 15.8 Å². The number of carbonyl (C=O) groups excluding carboxylic acids is 1. The van der Waals surface area contributed by atoms with Gasteiger partial charge >= 0.3 is 0 Å². The van der Waals surface area contributed by atoms with Crippen molar-refractivity contribution in [1.82, 2.24) is 19.9 Å². The quantitative estimate of drug-likeness (QED) is 0.638. The number of nitrogens with zero attached hydrogens (tertiary/aromatic N) is 5. The van der Waals surface area contributed by atoms with Crippen LogP contribution in [0.5, 0.6) is 0 Å². The summed E-state index contributed by atoms with van der Waals surface area (Å²) in [5, 5.41) is 5.64. The van der Waals surface area contributed by atoms with E-state index in [9.17, 15) is 13.4 Å². The number of pyridine rings is 2. The van der Waals surface area contributed by atoms with Crippen LogP contribution in [-0.2, 0) is 34.0 Å². The molecule has 3 heterocycles. The summed E-state index contributed by atoms with van der Waals surface area (Å²) in [4.78, 5) is 29.0. The number of amides is 1. The zero-order chi connectivity index (χ0) is 21.5. The fraction of sp³-hybridized carbons (Fsp3) is 0.250. The maximum Gasteiger partial charge on any atom is 0.259 e. The second kappa shape index (κ2) is 7.62. The highest BCUT2D eigenvalue weighted by Crippen LogP contribution is 2.34. The van der Waals surface area contributed by atoms with Gasteiger partial charge in [-0.1, -0.05) is 0 Å². The molecule has 30 heavy (non-hydrogen) atoms. The monoisotopic (exact) mass is 426 g/mol. The van der Waals surface area contributed by atoms with Crippen molar-refractivity contribution in [2.24, 2.45) is 9.50 Å². The maximum absolute atomic E-state index is 14.3. The summed E-state index contributed by atoms with van der Waals surface area (Å²) in [6, 6.07) is 3.23. The first kappa shape index (κ1) is 20.2. The van der Waals surface area contributed by atoms with Gasteiger partial charge in [-0.25, -0.2) is 23.7 Å². The van der Waals surface area contributed by atoms with Crippen LogP contribution < -0.4 is 5.14 Å². The molecule has 8 nitrogen and oxygen atoms in total. The van der Waals surface area contributed by atoms with E-state index in [1.54, 1.807) is 26.1 Å². The van der Waals surface area contributed by atoms with Crippen molar-refractivity contribution in [3.8, 4) is 11.1 Å². The molecule has 1 aliphatic carbocycles. The third kappa shape index (κ3) is 3.83. The molecule has 0 aliphatic heterocycles. The summed E-state index contributed by atoms with van der Waals surface area (Å²) < 4.78 is 30.9. The summed E-state index contributed by atoms with van der Waals surface area (Å²) in [7, 11) is -3.61. The van der Waals surface area contributed by atoms with E-state index in [1.165, 1.54) is 12.3 Å². The highest BCUT2D eigenvalue weighted by atomic mass is 32.2. The fourth-order valence-corrected chi connectivity index (χ4v) is 4.44. The number of halogens is 1. The van der Waals surface area contributed by atoms with Gasteiger partial charge < -0.3 is 0 Å². The van der Waals surface area contributed by atoms with Crippen LogP contribution in [0.2, 0.25) is 0 Å².